The molecule has 1 N–H and O–H groups in total. The summed E-state index contributed by atoms with van der Waals surface area (Å²) >= 11 is 0. The molecule has 0 spiro atoms. The van der Waals surface area contributed by atoms with E-state index in [2.05, 4.69) is 4.98 Å². The third kappa shape index (κ3) is 1.55. The first-order chi connectivity index (χ1) is 8.16. The molecule has 1 aliphatic rings. The molecule has 87 valence electrons. The van der Waals surface area contributed by atoms with Gasteiger partial charge in [-0.2, -0.15) is 0 Å². The van der Waals surface area contributed by atoms with Crippen molar-refractivity contribution >= 4 is 10.8 Å². The normalized spacial score (nSPS) is 14.9. The quantitative estimate of drug-likeness (QED) is 0.746. The van der Waals surface area contributed by atoms with Gasteiger partial charge in [0.1, 0.15) is 0 Å². The molecule has 0 unspecified atom stereocenters. The summed E-state index contributed by atoms with van der Waals surface area (Å²) in [5, 5.41) is 0.711. The molecule has 1 heterocycles. The van der Waals surface area contributed by atoms with Gasteiger partial charge < -0.3 is 4.98 Å². The molecule has 0 bridgehead atoms. The third-order valence-electron chi connectivity index (χ3n) is 3.16. The number of fused-ring (bicyclic) bond motifs is 3. The molecule has 1 radical (unpaired) electrons. The lowest BCUT2D eigenvalue weighted by Crippen LogP contribution is -2.15. The fraction of sp³-hybridized carbons (Fsp3) is 0.231. The number of hydrogen-bond acceptors (Lipinski definition) is 1. The Morgan fingerprint density at radius 2 is 1.82 bits per heavy atom. The van der Waals surface area contributed by atoms with E-state index < -0.39 is 11.6 Å². The van der Waals surface area contributed by atoms with Gasteiger partial charge in [-0.25, -0.2) is 8.78 Å². The maximum atomic E-state index is 13.2. The zero-order valence-electron chi connectivity index (χ0n) is 9.02. The minimum Gasteiger partial charge on any atom is -0.325 e. The lowest BCUT2D eigenvalue weighted by molar-refractivity contribution is 0.510. The van der Waals surface area contributed by atoms with E-state index in [9.17, 15) is 13.6 Å². The molecule has 0 atom stereocenters. The number of benzene rings is 1. The van der Waals surface area contributed by atoms with Gasteiger partial charge in [0.25, 0.3) is 5.56 Å². The van der Waals surface area contributed by atoms with Crippen molar-refractivity contribution in [3.8, 4) is 0 Å². The minimum atomic E-state index is -0.987. The highest BCUT2D eigenvalue weighted by molar-refractivity contribution is 5.87. The number of rotatable bonds is 0. The first kappa shape index (κ1) is 10.4. The molecular weight excluding hydrogens is 224 g/mol. The molecule has 0 amide bonds. The molecule has 0 fully saturated rings. The van der Waals surface area contributed by atoms with E-state index in [1.165, 1.54) is 0 Å². The van der Waals surface area contributed by atoms with E-state index in [1.807, 2.05) is 6.42 Å². The number of halogens is 2. The Bertz CT molecular complexity index is 660. The summed E-state index contributed by atoms with van der Waals surface area (Å²) in [5.41, 5.74) is 1.30. The summed E-state index contributed by atoms with van der Waals surface area (Å²) in [5.74, 6) is -1.90. The maximum absolute atomic E-state index is 13.2. The second-order valence-corrected chi connectivity index (χ2v) is 4.25. The van der Waals surface area contributed by atoms with Crippen LogP contribution < -0.4 is 5.56 Å². The van der Waals surface area contributed by atoms with E-state index in [0.717, 1.165) is 42.7 Å². The van der Waals surface area contributed by atoms with Crippen LogP contribution in [-0.2, 0) is 6.42 Å². The number of hydrogen-bond donors (Lipinski definition) is 1. The summed E-state index contributed by atoms with van der Waals surface area (Å²) in [4.78, 5) is 14.5. The maximum Gasteiger partial charge on any atom is 0.256 e. The highest BCUT2D eigenvalue weighted by Gasteiger charge is 2.17. The van der Waals surface area contributed by atoms with Crippen LogP contribution in [0.3, 0.4) is 0 Å². The van der Waals surface area contributed by atoms with Gasteiger partial charge in [0.15, 0.2) is 11.6 Å². The van der Waals surface area contributed by atoms with Crippen LogP contribution in [0.2, 0.25) is 0 Å². The van der Waals surface area contributed by atoms with E-state index in [1.54, 1.807) is 0 Å². The zero-order valence-corrected chi connectivity index (χ0v) is 9.02. The van der Waals surface area contributed by atoms with Crippen LogP contribution >= 0.6 is 0 Å². The van der Waals surface area contributed by atoms with Gasteiger partial charge in [-0.15, -0.1) is 0 Å². The molecule has 2 aromatic rings. The van der Waals surface area contributed by atoms with Gasteiger partial charge in [-0.05, 0) is 48.8 Å². The fourth-order valence-corrected chi connectivity index (χ4v) is 2.35. The van der Waals surface area contributed by atoms with Gasteiger partial charge >= 0.3 is 0 Å². The highest BCUT2D eigenvalue weighted by atomic mass is 19.2. The van der Waals surface area contributed by atoms with E-state index >= 15 is 0 Å². The Labute approximate surface area is 96.3 Å². The molecule has 17 heavy (non-hydrogen) atoms. The van der Waals surface area contributed by atoms with Crippen LogP contribution in [0.5, 0.6) is 0 Å². The molecule has 1 aromatic heterocycles. The number of aromatic nitrogens is 1. The number of nitrogens with one attached hydrogen (secondary N) is 1. The van der Waals surface area contributed by atoms with Crippen LogP contribution in [-0.4, -0.2) is 4.98 Å². The number of aromatic amines is 1. The first-order valence-electron chi connectivity index (χ1n) is 5.54. The topological polar surface area (TPSA) is 32.9 Å². The first-order valence-corrected chi connectivity index (χ1v) is 5.54. The highest BCUT2D eigenvalue weighted by Crippen LogP contribution is 2.28. The molecule has 0 aliphatic heterocycles. The van der Waals surface area contributed by atoms with Crippen molar-refractivity contribution in [1.29, 1.82) is 0 Å². The molecule has 0 saturated carbocycles. The Morgan fingerprint density at radius 1 is 1.12 bits per heavy atom. The monoisotopic (exact) mass is 234 g/mol. The number of pyridine rings is 1. The summed E-state index contributed by atoms with van der Waals surface area (Å²) < 4.78 is 26.4. The van der Waals surface area contributed by atoms with Crippen molar-refractivity contribution in [1.82, 2.24) is 4.98 Å². The van der Waals surface area contributed by atoms with Gasteiger partial charge in [0, 0.05) is 5.69 Å². The Hall–Kier alpha value is -1.71. The molecule has 1 aromatic carbocycles. The molecular formula is C13H10F2NO. The van der Waals surface area contributed by atoms with E-state index in [-0.39, 0.29) is 10.9 Å². The smallest absolute Gasteiger partial charge is 0.256 e. The van der Waals surface area contributed by atoms with Crippen molar-refractivity contribution in [2.75, 3.05) is 0 Å². The predicted octanol–water partition coefficient (Wildman–Crippen LogP) is 2.69. The van der Waals surface area contributed by atoms with Crippen LogP contribution in [0.15, 0.2) is 16.9 Å². The molecule has 0 saturated heterocycles. The fourth-order valence-electron chi connectivity index (χ4n) is 2.35. The standard InChI is InChI=1S/C13H10F2NO/c14-10-5-8-7-3-1-2-4-12(7)16-13(17)9(8)6-11(10)15/h3,5-6H,1-2,4H2,(H,16,17). The molecule has 1 aliphatic carbocycles. The third-order valence-corrected chi connectivity index (χ3v) is 3.16. The van der Waals surface area contributed by atoms with Gasteiger partial charge in [-0.1, -0.05) is 0 Å². The average molecular weight is 234 g/mol. The predicted molar refractivity (Wildman–Crippen MR) is 60.8 cm³/mol. The van der Waals surface area contributed by atoms with Crippen molar-refractivity contribution in [2.45, 2.75) is 19.3 Å². The minimum absolute atomic E-state index is 0.209. The average Bonchev–Trinajstić information content (AvgIpc) is 2.32. The summed E-state index contributed by atoms with van der Waals surface area (Å²) in [6, 6.07) is 2.08. The molecule has 4 heteroatoms. The molecule has 2 nitrogen and oxygen atoms in total. The van der Waals surface area contributed by atoms with Crippen molar-refractivity contribution in [3.63, 3.8) is 0 Å². The Balaban J connectivity index is 2.44. The Morgan fingerprint density at radius 3 is 2.59 bits per heavy atom. The molecule has 3 rings (SSSR count). The van der Waals surface area contributed by atoms with Crippen molar-refractivity contribution in [2.24, 2.45) is 0 Å². The van der Waals surface area contributed by atoms with E-state index in [0.29, 0.717) is 5.39 Å². The number of H-pyrrole nitrogens is 1. The van der Waals surface area contributed by atoms with Crippen molar-refractivity contribution < 1.29 is 8.78 Å². The van der Waals surface area contributed by atoms with Crippen LogP contribution in [0.25, 0.3) is 10.8 Å². The summed E-state index contributed by atoms with van der Waals surface area (Å²) in [6.07, 6.45) is 4.61. The number of aryl methyl sites for hydroxylation is 1. The van der Waals surface area contributed by atoms with Crippen LogP contribution in [0.1, 0.15) is 24.1 Å². The lowest BCUT2D eigenvalue weighted by Gasteiger charge is -2.17. The summed E-state index contributed by atoms with van der Waals surface area (Å²) in [6.45, 7) is 0. The lowest BCUT2D eigenvalue weighted by atomic mass is 9.92. The zero-order chi connectivity index (χ0) is 12.0. The van der Waals surface area contributed by atoms with Gasteiger partial charge in [0.2, 0.25) is 0 Å². The second-order valence-electron chi connectivity index (χ2n) is 4.25. The van der Waals surface area contributed by atoms with Crippen LogP contribution in [0.4, 0.5) is 8.78 Å². The SMILES string of the molecule is O=c1[nH]c2c(c3cc(F)c(F)cc13)[CH]CCC2. The van der Waals surface area contributed by atoms with Gasteiger partial charge in [0.05, 0.1) is 5.39 Å². The Kier molecular flexibility index (Phi) is 2.24. The summed E-state index contributed by atoms with van der Waals surface area (Å²) in [7, 11) is 0. The van der Waals surface area contributed by atoms with Gasteiger partial charge in [-0.3, -0.25) is 4.79 Å². The van der Waals surface area contributed by atoms with Crippen molar-refractivity contribution in [3.05, 3.63) is 51.8 Å². The second kappa shape index (κ2) is 3.65. The van der Waals surface area contributed by atoms with E-state index in [4.69, 9.17) is 0 Å². The van der Waals surface area contributed by atoms with Crippen LogP contribution in [0, 0.1) is 18.1 Å². The largest absolute Gasteiger partial charge is 0.325 e.